The number of anilines is 1. The van der Waals surface area contributed by atoms with Crippen LogP contribution in [0.15, 0.2) is 34.7 Å². The molecule has 1 aromatic carbocycles. The fourth-order valence-electron chi connectivity index (χ4n) is 3.29. The number of nitrogens with one attached hydrogen (secondary N) is 1. The third kappa shape index (κ3) is 6.60. The Labute approximate surface area is 182 Å². The van der Waals surface area contributed by atoms with Crippen molar-refractivity contribution in [2.75, 3.05) is 51.8 Å². The fraction of sp³-hybridized carbons (Fsp3) is 0.476. The van der Waals surface area contributed by atoms with E-state index in [1.807, 2.05) is 31.2 Å². The first-order valence-corrected chi connectivity index (χ1v) is 10.6. The minimum absolute atomic E-state index is 0.603. The molecule has 1 aliphatic heterocycles. The van der Waals surface area contributed by atoms with Crippen LogP contribution in [0.1, 0.15) is 17.9 Å². The first kappa shape index (κ1) is 21.9. The molecule has 8 heteroatoms. The highest BCUT2D eigenvalue weighted by atomic mass is 35.5. The second-order valence-corrected chi connectivity index (χ2v) is 7.84. The molecule has 6 nitrogen and oxygen atoms in total. The van der Waals surface area contributed by atoms with Gasteiger partial charge in [-0.2, -0.15) is 0 Å². The van der Waals surface area contributed by atoms with Crippen LogP contribution < -0.4 is 10.1 Å². The van der Waals surface area contributed by atoms with Crippen molar-refractivity contribution < 1.29 is 13.9 Å². The Morgan fingerprint density at radius 1 is 1.28 bits per heavy atom. The lowest BCUT2D eigenvalue weighted by Gasteiger charge is -2.29. The van der Waals surface area contributed by atoms with Crippen molar-refractivity contribution in [3.63, 3.8) is 0 Å². The number of nitrogens with zero attached hydrogens (tertiary/aromatic N) is 2. The van der Waals surface area contributed by atoms with Gasteiger partial charge in [0, 0.05) is 31.2 Å². The molecule has 2 heterocycles. The van der Waals surface area contributed by atoms with Crippen LogP contribution >= 0.6 is 23.8 Å². The molecule has 2 aromatic rings. The molecule has 0 spiro atoms. The Hall–Kier alpha value is -1.80. The summed E-state index contributed by atoms with van der Waals surface area (Å²) >= 11 is 11.9. The van der Waals surface area contributed by atoms with Crippen LogP contribution in [-0.4, -0.2) is 61.4 Å². The smallest absolute Gasteiger partial charge is 0.173 e. The van der Waals surface area contributed by atoms with E-state index >= 15 is 0 Å². The van der Waals surface area contributed by atoms with E-state index in [0.29, 0.717) is 22.4 Å². The van der Waals surface area contributed by atoms with Gasteiger partial charge in [0.2, 0.25) is 0 Å². The van der Waals surface area contributed by atoms with E-state index in [2.05, 4.69) is 15.1 Å². The summed E-state index contributed by atoms with van der Waals surface area (Å²) in [5.74, 6) is 2.47. The van der Waals surface area contributed by atoms with Crippen molar-refractivity contribution >= 4 is 34.6 Å². The van der Waals surface area contributed by atoms with Gasteiger partial charge in [-0.3, -0.25) is 4.90 Å². The van der Waals surface area contributed by atoms with Crippen molar-refractivity contribution in [2.24, 2.45) is 0 Å². The van der Waals surface area contributed by atoms with Crippen molar-refractivity contribution in [1.29, 1.82) is 0 Å². The summed E-state index contributed by atoms with van der Waals surface area (Å²) in [6.07, 6.45) is 0.994. The fourth-order valence-corrected chi connectivity index (χ4v) is 3.73. The molecule has 0 aliphatic carbocycles. The lowest BCUT2D eigenvalue weighted by molar-refractivity contribution is 0.0367. The number of hydrogen-bond donors (Lipinski definition) is 1. The predicted molar refractivity (Wildman–Crippen MR) is 120 cm³/mol. The zero-order chi connectivity index (χ0) is 20.6. The second-order valence-electron chi connectivity index (χ2n) is 7.02. The molecule has 1 saturated heterocycles. The first-order valence-electron chi connectivity index (χ1n) is 9.80. The Morgan fingerprint density at radius 2 is 2.07 bits per heavy atom. The highest BCUT2D eigenvalue weighted by molar-refractivity contribution is 7.80. The monoisotopic (exact) mass is 437 g/mol. The molecule has 29 heavy (non-hydrogen) atoms. The van der Waals surface area contributed by atoms with Gasteiger partial charge in [-0.15, -0.1) is 0 Å². The number of ether oxygens (including phenoxy) is 2. The lowest BCUT2D eigenvalue weighted by atomic mass is 10.3. The van der Waals surface area contributed by atoms with Gasteiger partial charge in [-0.25, -0.2) is 0 Å². The molecule has 0 unspecified atom stereocenters. The molecule has 0 saturated carbocycles. The lowest BCUT2D eigenvalue weighted by Crippen LogP contribution is -2.40. The largest absolute Gasteiger partial charge is 0.495 e. The summed E-state index contributed by atoms with van der Waals surface area (Å²) in [5.41, 5.74) is 0.749. The second kappa shape index (κ2) is 10.8. The molecule has 158 valence electrons. The molecule has 0 atom stereocenters. The van der Waals surface area contributed by atoms with E-state index in [9.17, 15) is 0 Å². The van der Waals surface area contributed by atoms with Crippen LogP contribution in [0, 0.1) is 6.92 Å². The first-order chi connectivity index (χ1) is 14.0. The molecule has 1 N–H and O–H groups in total. The van der Waals surface area contributed by atoms with E-state index in [1.165, 1.54) is 0 Å². The molecule has 1 aliphatic rings. The van der Waals surface area contributed by atoms with Gasteiger partial charge < -0.3 is 24.1 Å². The number of thiocarbonyl (C=S) groups is 1. The Morgan fingerprint density at radius 3 is 2.76 bits per heavy atom. The molecule has 1 aromatic heterocycles. The van der Waals surface area contributed by atoms with Crippen LogP contribution in [0.2, 0.25) is 5.02 Å². The van der Waals surface area contributed by atoms with Crippen molar-refractivity contribution in [3.05, 3.63) is 46.9 Å². The third-order valence-corrected chi connectivity index (χ3v) is 5.43. The summed E-state index contributed by atoms with van der Waals surface area (Å²) in [5, 5.41) is 4.52. The average Bonchev–Trinajstić information content (AvgIpc) is 3.13. The zero-order valence-corrected chi connectivity index (χ0v) is 18.5. The van der Waals surface area contributed by atoms with Crippen LogP contribution in [-0.2, 0) is 11.3 Å². The van der Waals surface area contributed by atoms with Gasteiger partial charge in [0.05, 0.1) is 32.6 Å². The van der Waals surface area contributed by atoms with E-state index in [1.54, 1.807) is 13.2 Å². The standard InChI is InChI=1S/C21H28ClN3O3S/c1-16-4-6-18(28-16)15-25(9-3-8-24-10-12-27-13-11-24)21(29)23-19-14-17(22)5-7-20(19)26-2/h4-7,14H,3,8-13,15H2,1-2H3,(H,23,29). The Kier molecular flexibility index (Phi) is 8.18. The normalized spacial score (nSPS) is 14.6. The van der Waals surface area contributed by atoms with Gasteiger partial charge in [0.25, 0.3) is 0 Å². The summed E-state index contributed by atoms with van der Waals surface area (Å²) in [6, 6.07) is 9.40. The molecule has 0 amide bonds. The maximum absolute atomic E-state index is 6.16. The number of furan rings is 1. The highest BCUT2D eigenvalue weighted by Crippen LogP contribution is 2.28. The number of aryl methyl sites for hydroxylation is 1. The summed E-state index contributed by atoms with van der Waals surface area (Å²) in [4.78, 5) is 4.55. The number of hydrogen-bond acceptors (Lipinski definition) is 5. The van der Waals surface area contributed by atoms with Crippen molar-refractivity contribution in [1.82, 2.24) is 9.80 Å². The van der Waals surface area contributed by atoms with Gasteiger partial charge in [0.15, 0.2) is 5.11 Å². The molecule has 3 rings (SSSR count). The van der Waals surface area contributed by atoms with Crippen molar-refractivity contribution in [2.45, 2.75) is 19.9 Å². The number of benzene rings is 1. The van der Waals surface area contributed by atoms with Gasteiger partial charge in [0.1, 0.15) is 17.3 Å². The summed E-state index contributed by atoms with van der Waals surface area (Å²) in [6.45, 7) is 7.96. The van der Waals surface area contributed by atoms with Gasteiger partial charge in [-0.05, 0) is 55.9 Å². The average molecular weight is 438 g/mol. The Bertz CT molecular complexity index is 808. The van der Waals surface area contributed by atoms with Gasteiger partial charge in [-0.1, -0.05) is 11.6 Å². The summed E-state index contributed by atoms with van der Waals surface area (Å²) < 4.78 is 16.6. The number of methoxy groups -OCH3 is 1. The van der Waals surface area contributed by atoms with E-state index in [0.717, 1.165) is 63.0 Å². The van der Waals surface area contributed by atoms with Crippen LogP contribution in [0.25, 0.3) is 0 Å². The van der Waals surface area contributed by atoms with Crippen LogP contribution in [0.5, 0.6) is 5.75 Å². The summed E-state index contributed by atoms with van der Waals surface area (Å²) in [7, 11) is 1.63. The number of rotatable bonds is 8. The van der Waals surface area contributed by atoms with E-state index in [-0.39, 0.29) is 0 Å². The molecular weight excluding hydrogens is 410 g/mol. The quantitative estimate of drug-likeness (QED) is 0.622. The minimum Gasteiger partial charge on any atom is -0.495 e. The van der Waals surface area contributed by atoms with Gasteiger partial charge >= 0.3 is 0 Å². The number of morpholine rings is 1. The zero-order valence-electron chi connectivity index (χ0n) is 16.9. The van der Waals surface area contributed by atoms with Crippen LogP contribution in [0.3, 0.4) is 0 Å². The minimum atomic E-state index is 0.603. The maximum Gasteiger partial charge on any atom is 0.173 e. The van der Waals surface area contributed by atoms with Crippen molar-refractivity contribution in [3.8, 4) is 5.75 Å². The molecular formula is C21H28ClN3O3S. The van der Waals surface area contributed by atoms with E-state index in [4.69, 9.17) is 37.7 Å². The molecule has 0 radical (unpaired) electrons. The SMILES string of the molecule is COc1ccc(Cl)cc1NC(=S)N(CCCN1CCOCC1)Cc1ccc(C)o1. The molecule has 1 fully saturated rings. The Balaban J connectivity index is 1.65. The number of halogens is 1. The van der Waals surface area contributed by atoms with E-state index < -0.39 is 0 Å². The predicted octanol–water partition coefficient (Wildman–Crippen LogP) is 4.17. The topological polar surface area (TPSA) is 50.1 Å². The maximum atomic E-state index is 6.16. The molecule has 0 bridgehead atoms. The highest BCUT2D eigenvalue weighted by Gasteiger charge is 2.16. The van der Waals surface area contributed by atoms with Crippen LogP contribution in [0.4, 0.5) is 5.69 Å². The third-order valence-electron chi connectivity index (χ3n) is 4.84.